The van der Waals surface area contributed by atoms with E-state index in [1.807, 2.05) is 11.8 Å². The summed E-state index contributed by atoms with van der Waals surface area (Å²) in [5, 5.41) is 2.74. The summed E-state index contributed by atoms with van der Waals surface area (Å²) in [6.45, 7) is 7.14. The molecule has 16 heteroatoms. The number of hydrogen-bond donors (Lipinski definition) is 1. The van der Waals surface area contributed by atoms with E-state index in [9.17, 15) is 23.6 Å². The molecule has 4 amide bonds. The smallest absolute Gasteiger partial charge is 0.255 e. The zero-order valence-corrected chi connectivity index (χ0v) is 35.6. The van der Waals surface area contributed by atoms with Crippen molar-refractivity contribution in [2.75, 3.05) is 57.3 Å². The summed E-state index contributed by atoms with van der Waals surface area (Å²) in [5.41, 5.74) is 1.79. The van der Waals surface area contributed by atoms with Crippen molar-refractivity contribution >= 4 is 52.0 Å². The van der Waals surface area contributed by atoms with Crippen molar-refractivity contribution in [3.05, 3.63) is 81.9 Å². The van der Waals surface area contributed by atoms with Gasteiger partial charge in [-0.1, -0.05) is 43.9 Å². The minimum absolute atomic E-state index is 0.0114. The van der Waals surface area contributed by atoms with Crippen LogP contribution in [-0.4, -0.2) is 107 Å². The van der Waals surface area contributed by atoms with E-state index in [0.29, 0.717) is 56.0 Å². The van der Waals surface area contributed by atoms with E-state index in [-0.39, 0.29) is 70.4 Å². The van der Waals surface area contributed by atoms with Crippen molar-refractivity contribution < 1.29 is 37.1 Å². The number of anilines is 1. The van der Waals surface area contributed by atoms with Gasteiger partial charge in [0.2, 0.25) is 17.7 Å². The molecular weight excluding hydrogens is 823 g/mol. The Morgan fingerprint density at radius 2 is 1.66 bits per heavy atom. The molecule has 0 saturated carbocycles. The van der Waals surface area contributed by atoms with Gasteiger partial charge in [-0.05, 0) is 99.1 Å². The Morgan fingerprint density at radius 3 is 2.42 bits per heavy atom. The maximum Gasteiger partial charge on any atom is 0.255 e. The zero-order valence-electron chi connectivity index (χ0n) is 34.9. The second kappa shape index (κ2) is 19.0. The number of nitrogens with one attached hydrogen (secondary N) is 1. The normalized spacial score (nSPS) is 18.8. The Hall–Kier alpha value is -5.28. The second-order valence-corrected chi connectivity index (χ2v) is 17.0. The lowest BCUT2D eigenvalue weighted by atomic mass is 9.85. The Balaban J connectivity index is 0.800. The second-order valence-electron chi connectivity index (χ2n) is 16.6. The fourth-order valence-electron chi connectivity index (χ4n) is 9.49. The van der Waals surface area contributed by atoms with E-state index in [2.05, 4.69) is 20.2 Å². The van der Waals surface area contributed by atoms with Crippen molar-refractivity contribution in [2.24, 2.45) is 0 Å². The van der Waals surface area contributed by atoms with Gasteiger partial charge in [-0.2, -0.15) is 0 Å². The van der Waals surface area contributed by atoms with E-state index in [1.165, 1.54) is 29.4 Å². The molecule has 3 fully saturated rings. The number of unbranched alkanes of at least 4 members (excludes halogenated alkanes) is 4. The van der Waals surface area contributed by atoms with Crippen LogP contribution in [0.15, 0.2) is 42.7 Å². The number of halogens is 4. The van der Waals surface area contributed by atoms with Gasteiger partial charge in [0.1, 0.15) is 41.1 Å². The van der Waals surface area contributed by atoms with Crippen LogP contribution in [0.4, 0.5) is 19.0 Å². The molecule has 1 aromatic heterocycles. The summed E-state index contributed by atoms with van der Waals surface area (Å²) < 4.78 is 52.8. The fraction of sp³-hybridized carbons (Fsp3) is 0.478. The molecule has 0 radical (unpaired) electrons. The largest absolute Gasteiger partial charge is 0.493 e. The van der Waals surface area contributed by atoms with Gasteiger partial charge in [0.15, 0.2) is 5.82 Å². The molecule has 4 aliphatic heterocycles. The van der Waals surface area contributed by atoms with E-state index in [4.69, 9.17) is 16.3 Å². The number of ether oxygens (including phenoxy) is 1. The molecule has 1 unspecified atom stereocenters. The van der Waals surface area contributed by atoms with E-state index >= 15 is 8.78 Å². The summed E-state index contributed by atoms with van der Waals surface area (Å²) in [4.78, 5) is 66.1. The van der Waals surface area contributed by atoms with E-state index < -0.39 is 29.4 Å². The molecule has 8 rings (SSSR count). The molecule has 1 N–H and O–H groups in total. The van der Waals surface area contributed by atoms with E-state index in [1.54, 1.807) is 23.1 Å². The van der Waals surface area contributed by atoms with Gasteiger partial charge in [0.05, 0.1) is 17.2 Å². The molecule has 4 aromatic rings. The predicted molar refractivity (Wildman–Crippen MR) is 228 cm³/mol. The van der Waals surface area contributed by atoms with Gasteiger partial charge in [-0.25, -0.2) is 23.1 Å². The molecule has 328 valence electrons. The van der Waals surface area contributed by atoms with Crippen LogP contribution in [0.2, 0.25) is 5.02 Å². The van der Waals surface area contributed by atoms with Crippen LogP contribution in [0, 0.1) is 17.5 Å². The standard InChI is InChI=1S/C46H51ClF3N7O5/c1-2-39(59)55-18-20-56(21-19-55)44-32-25-34(47)40(42(50)43(32)51-27-52-44)41-35(49)9-8-10-37(41)62-22-7-5-3-4-6-15-54-16-13-28(14-17-54)30-23-29(48)24-31-33(30)26-57(46(31)61)36-11-12-38(58)53-45(36)60/h8-10,23-25,27-28,36H,2-7,11-22,26H2,1H3,(H,53,58,60). The van der Waals surface area contributed by atoms with Crippen molar-refractivity contribution in [1.29, 1.82) is 0 Å². The number of piperidine rings is 2. The number of nitrogens with zero attached hydrogens (tertiary/aromatic N) is 6. The monoisotopic (exact) mass is 873 g/mol. The Morgan fingerprint density at radius 1 is 0.903 bits per heavy atom. The number of carbonyl (C=O) groups is 4. The average Bonchev–Trinajstić information content (AvgIpc) is 3.59. The van der Waals surface area contributed by atoms with Gasteiger partial charge in [-0.15, -0.1) is 0 Å². The van der Waals surface area contributed by atoms with Gasteiger partial charge in [0.25, 0.3) is 5.91 Å². The summed E-state index contributed by atoms with van der Waals surface area (Å²) in [6, 6.07) is 8.04. The van der Waals surface area contributed by atoms with Crippen LogP contribution in [-0.2, 0) is 20.9 Å². The molecule has 0 bridgehead atoms. The lowest BCUT2D eigenvalue weighted by Crippen LogP contribution is -2.52. The number of fused-ring (bicyclic) bond motifs is 2. The molecule has 1 atom stereocenters. The first-order valence-electron chi connectivity index (χ1n) is 21.8. The topological polar surface area (TPSA) is 128 Å². The highest BCUT2D eigenvalue weighted by molar-refractivity contribution is 6.34. The van der Waals surface area contributed by atoms with Crippen molar-refractivity contribution in [3.63, 3.8) is 0 Å². The summed E-state index contributed by atoms with van der Waals surface area (Å²) in [6.07, 6.45) is 8.48. The highest BCUT2D eigenvalue weighted by Crippen LogP contribution is 2.43. The van der Waals surface area contributed by atoms with Crippen LogP contribution >= 0.6 is 11.6 Å². The number of carbonyl (C=O) groups excluding carboxylic acids is 4. The number of benzene rings is 3. The number of rotatable bonds is 14. The maximum absolute atomic E-state index is 16.4. The Bertz CT molecular complexity index is 2370. The summed E-state index contributed by atoms with van der Waals surface area (Å²) >= 11 is 6.73. The first-order valence-corrected chi connectivity index (χ1v) is 22.2. The van der Waals surface area contributed by atoms with Crippen LogP contribution in [0.25, 0.3) is 22.0 Å². The number of hydrogen-bond acceptors (Lipinski definition) is 9. The lowest BCUT2D eigenvalue weighted by molar-refractivity contribution is -0.137. The van der Waals surface area contributed by atoms with Crippen LogP contribution in [0.3, 0.4) is 0 Å². The number of piperazine rings is 1. The van der Waals surface area contributed by atoms with Gasteiger partial charge in [-0.3, -0.25) is 24.5 Å². The molecule has 12 nitrogen and oxygen atoms in total. The van der Waals surface area contributed by atoms with Crippen molar-refractivity contribution in [1.82, 2.24) is 30.0 Å². The lowest BCUT2D eigenvalue weighted by Gasteiger charge is -2.35. The maximum atomic E-state index is 16.4. The number of aromatic nitrogens is 2. The minimum Gasteiger partial charge on any atom is -0.493 e. The summed E-state index contributed by atoms with van der Waals surface area (Å²) in [5.74, 6) is -2.18. The third-order valence-electron chi connectivity index (χ3n) is 12.8. The number of imide groups is 1. The average molecular weight is 874 g/mol. The van der Waals surface area contributed by atoms with Crippen LogP contribution < -0.4 is 15.0 Å². The fourth-order valence-corrected chi connectivity index (χ4v) is 9.78. The third-order valence-corrected chi connectivity index (χ3v) is 13.1. The quantitative estimate of drug-likeness (QED) is 0.102. The van der Waals surface area contributed by atoms with Gasteiger partial charge < -0.3 is 24.3 Å². The number of likely N-dealkylation sites (tertiary alicyclic amines) is 1. The van der Waals surface area contributed by atoms with Gasteiger partial charge >= 0.3 is 0 Å². The molecule has 5 heterocycles. The zero-order chi connectivity index (χ0) is 43.5. The Labute approximate surface area is 363 Å². The molecular formula is C46H51ClF3N7O5. The molecule has 62 heavy (non-hydrogen) atoms. The van der Waals surface area contributed by atoms with Crippen molar-refractivity contribution in [3.8, 4) is 16.9 Å². The van der Waals surface area contributed by atoms with Crippen LogP contribution in [0.5, 0.6) is 5.75 Å². The first kappa shape index (κ1) is 43.4. The minimum atomic E-state index is -0.762. The SMILES string of the molecule is CCC(=O)N1CCN(c2ncnc3c(F)c(-c4c(F)cccc4OCCCCCCCN4CCC(c5cc(F)cc6c5CN(C5CCC(=O)NC5=O)C6=O)CC4)c(Cl)cc23)CC1. The summed E-state index contributed by atoms with van der Waals surface area (Å²) in [7, 11) is 0. The third kappa shape index (κ3) is 8.96. The van der Waals surface area contributed by atoms with Gasteiger partial charge in [0, 0.05) is 62.1 Å². The predicted octanol–water partition coefficient (Wildman–Crippen LogP) is 7.40. The highest BCUT2D eigenvalue weighted by atomic mass is 35.5. The molecule has 4 aliphatic rings. The molecule has 3 saturated heterocycles. The van der Waals surface area contributed by atoms with Crippen molar-refractivity contribution in [2.45, 2.75) is 89.6 Å². The molecule has 0 aliphatic carbocycles. The van der Waals surface area contributed by atoms with Crippen LogP contribution in [0.1, 0.15) is 98.5 Å². The van der Waals surface area contributed by atoms with E-state index in [0.717, 1.165) is 75.7 Å². The highest BCUT2D eigenvalue weighted by Gasteiger charge is 2.41. The number of amides is 4. The molecule has 3 aromatic carbocycles. The first-order chi connectivity index (χ1) is 30.0. The Kier molecular flexibility index (Phi) is 13.3. The molecule has 0 spiro atoms.